The Morgan fingerprint density at radius 2 is 1.90 bits per heavy atom. The van der Waals surface area contributed by atoms with E-state index in [0.29, 0.717) is 28.6 Å². The largest absolute Gasteiger partial charge is 0.346 e. The fraction of sp³-hybridized carbons (Fsp3) is 0.0909. The quantitative estimate of drug-likeness (QED) is 0.458. The molecule has 0 aliphatic rings. The maximum atomic E-state index is 12.9. The number of rotatable bonds is 4. The van der Waals surface area contributed by atoms with E-state index in [-0.39, 0.29) is 5.56 Å². The summed E-state index contributed by atoms with van der Waals surface area (Å²) in [6, 6.07) is 13.2. The van der Waals surface area contributed by atoms with E-state index in [0.717, 1.165) is 27.7 Å². The zero-order chi connectivity index (χ0) is 20.7. The summed E-state index contributed by atoms with van der Waals surface area (Å²) in [5.74, 6) is 0.402. The Morgan fingerprint density at radius 1 is 1.07 bits per heavy atom. The molecule has 0 fully saturated rings. The van der Waals surface area contributed by atoms with Crippen molar-refractivity contribution in [3.63, 3.8) is 0 Å². The van der Waals surface area contributed by atoms with Crippen molar-refractivity contribution in [3.05, 3.63) is 87.6 Å². The summed E-state index contributed by atoms with van der Waals surface area (Å²) in [5.41, 5.74) is 3.76. The number of aryl methyl sites for hydroxylation is 1. The number of hydrogen-bond acceptors (Lipinski definition) is 5. The number of aromatic amines is 1. The lowest BCUT2D eigenvalue weighted by Crippen LogP contribution is -2.22. The number of nitrogens with zero attached hydrogens (tertiary/aromatic N) is 4. The molecule has 5 aromatic rings. The highest BCUT2D eigenvalue weighted by Crippen LogP contribution is 2.20. The van der Waals surface area contributed by atoms with E-state index in [1.54, 1.807) is 24.0 Å². The normalized spacial score (nSPS) is 11.3. The topological polar surface area (TPSA) is 88.5 Å². The van der Waals surface area contributed by atoms with E-state index in [1.165, 1.54) is 0 Å². The minimum atomic E-state index is -0.0856. The Balaban J connectivity index is 1.49. The molecule has 0 spiro atoms. The molecule has 0 aliphatic carbocycles. The second-order valence-electron chi connectivity index (χ2n) is 7.07. The van der Waals surface area contributed by atoms with Crippen LogP contribution in [0.5, 0.6) is 0 Å². The van der Waals surface area contributed by atoms with Crippen molar-refractivity contribution in [2.45, 2.75) is 6.42 Å². The lowest BCUT2D eigenvalue weighted by Gasteiger charge is -2.10. The summed E-state index contributed by atoms with van der Waals surface area (Å²) in [4.78, 5) is 29.2. The van der Waals surface area contributed by atoms with Gasteiger partial charge in [0.05, 0.1) is 11.9 Å². The van der Waals surface area contributed by atoms with Crippen molar-refractivity contribution in [2.75, 3.05) is 5.32 Å². The Morgan fingerprint density at radius 3 is 2.73 bits per heavy atom. The molecule has 2 N–H and O–H groups in total. The number of H-pyrrole nitrogens is 1. The van der Waals surface area contributed by atoms with Crippen molar-refractivity contribution < 1.29 is 0 Å². The fourth-order valence-corrected chi connectivity index (χ4v) is 3.59. The molecule has 1 aromatic carbocycles. The van der Waals surface area contributed by atoms with Gasteiger partial charge in [-0.05, 0) is 35.9 Å². The van der Waals surface area contributed by atoms with E-state index in [9.17, 15) is 4.79 Å². The van der Waals surface area contributed by atoms with Crippen LogP contribution in [0.25, 0.3) is 22.1 Å². The SMILES string of the molecule is Cn1c(=O)c(Cc2ccc(Cl)cc2)cc2cnc(Nc3cnc4[nH]ccc4c3)nc21. The van der Waals surface area contributed by atoms with Crippen LogP contribution in [0.1, 0.15) is 11.1 Å². The predicted molar refractivity (Wildman–Crippen MR) is 118 cm³/mol. The first-order valence-corrected chi connectivity index (χ1v) is 9.75. The molecule has 4 heterocycles. The summed E-state index contributed by atoms with van der Waals surface area (Å²) >= 11 is 5.95. The average molecular weight is 417 g/mol. The van der Waals surface area contributed by atoms with Crippen LogP contribution in [0.3, 0.4) is 0 Å². The molecule has 8 heteroatoms. The van der Waals surface area contributed by atoms with Gasteiger partial charge < -0.3 is 10.3 Å². The molecule has 5 rings (SSSR count). The van der Waals surface area contributed by atoms with Crippen molar-refractivity contribution in [1.29, 1.82) is 0 Å². The number of anilines is 2. The number of pyridine rings is 2. The smallest absolute Gasteiger partial charge is 0.255 e. The van der Waals surface area contributed by atoms with Crippen LogP contribution in [0.2, 0.25) is 5.02 Å². The first-order chi connectivity index (χ1) is 14.6. The molecule has 7 nitrogen and oxygen atoms in total. The molecule has 0 saturated carbocycles. The molecule has 0 saturated heterocycles. The summed E-state index contributed by atoms with van der Waals surface area (Å²) in [7, 11) is 1.72. The zero-order valence-electron chi connectivity index (χ0n) is 16.1. The van der Waals surface area contributed by atoms with Crippen LogP contribution in [-0.2, 0) is 13.5 Å². The number of nitrogens with one attached hydrogen (secondary N) is 2. The van der Waals surface area contributed by atoms with Crippen molar-refractivity contribution in [2.24, 2.45) is 7.05 Å². The molecule has 0 unspecified atom stereocenters. The molecule has 0 amide bonds. The van der Waals surface area contributed by atoms with Crippen molar-refractivity contribution >= 4 is 45.3 Å². The maximum absolute atomic E-state index is 12.9. The van der Waals surface area contributed by atoms with Crippen LogP contribution in [0.4, 0.5) is 11.6 Å². The fourth-order valence-electron chi connectivity index (χ4n) is 3.46. The number of benzene rings is 1. The van der Waals surface area contributed by atoms with Crippen LogP contribution in [0.15, 0.2) is 65.8 Å². The van der Waals surface area contributed by atoms with Gasteiger partial charge in [0.2, 0.25) is 5.95 Å². The Kier molecular flexibility index (Phi) is 4.44. The number of fused-ring (bicyclic) bond motifs is 2. The minimum absolute atomic E-state index is 0.0856. The summed E-state index contributed by atoms with van der Waals surface area (Å²) in [6.07, 6.45) is 5.78. The molecule has 0 aliphatic heterocycles. The van der Waals surface area contributed by atoms with Gasteiger partial charge in [-0.15, -0.1) is 0 Å². The Labute approximate surface area is 176 Å². The van der Waals surface area contributed by atoms with Gasteiger partial charge in [-0.3, -0.25) is 9.36 Å². The van der Waals surface area contributed by atoms with E-state index >= 15 is 0 Å². The monoisotopic (exact) mass is 416 g/mol. The molecular weight excluding hydrogens is 400 g/mol. The summed E-state index contributed by atoms with van der Waals surface area (Å²) in [5, 5.41) is 5.61. The molecule has 0 atom stereocenters. The van der Waals surface area contributed by atoms with E-state index in [4.69, 9.17) is 11.6 Å². The second-order valence-corrected chi connectivity index (χ2v) is 7.51. The Hall–Kier alpha value is -3.71. The third-order valence-electron chi connectivity index (χ3n) is 4.99. The highest BCUT2D eigenvalue weighted by molar-refractivity contribution is 6.30. The Bertz CT molecular complexity index is 1440. The molecule has 0 radical (unpaired) electrons. The maximum Gasteiger partial charge on any atom is 0.255 e. The van der Waals surface area contributed by atoms with Gasteiger partial charge in [0.25, 0.3) is 5.56 Å². The van der Waals surface area contributed by atoms with Gasteiger partial charge in [-0.2, -0.15) is 4.98 Å². The van der Waals surface area contributed by atoms with Crippen LogP contribution in [0, 0.1) is 0 Å². The molecule has 4 aromatic heterocycles. The first-order valence-electron chi connectivity index (χ1n) is 9.37. The lowest BCUT2D eigenvalue weighted by atomic mass is 10.1. The van der Waals surface area contributed by atoms with Crippen LogP contribution >= 0.6 is 11.6 Å². The number of aromatic nitrogens is 5. The molecule has 148 valence electrons. The van der Waals surface area contributed by atoms with Gasteiger partial charge in [-0.25, -0.2) is 9.97 Å². The number of halogens is 1. The second kappa shape index (κ2) is 7.27. The molecular formula is C22H17ClN6O. The molecule has 0 bridgehead atoms. The van der Waals surface area contributed by atoms with Gasteiger partial charge >= 0.3 is 0 Å². The van der Waals surface area contributed by atoms with Gasteiger partial charge in [-0.1, -0.05) is 23.7 Å². The zero-order valence-corrected chi connectivity index (χ0v) is 16.8. The lowest BCUT2D eigenvalue weighted by molar-refractivity contribution is 0.863. The minimum Gasteiger partial charge on any atom is -0.346 e. The highest BCUT2D eigenvalue weighted by Gasteiger charge is 2.11. The molecule has 30 heavy (non-hydrogen) atoms. The van der Waals surface area contributed by atoms with Crippen molar-refractivity contribution in [3.8, 4) is 0 Å². The highest BCUT2D eigenvalue weighted by atomic mass is 35.5. The average Bonchev–Trinajstić information content (AvgIpc) is 3.22. The standard InChI is InChI=1S/C22H17ClN6O/c1-29-20-16(9-15(21(29)30)8-13-2-4-17(23)5-3-13)11-26-22(28-20)27-18-10-14-6-7-24-19(14)25-12-18/h2-7,9-12H,8H2,1H3,(H,24,25)(H,26,27,28). The summed E-state index contributed by atoms with van der Waals surface area (Å²) < 4.78 is 1.56. The van der Waals surface area contributed by atoms with E-state index in [1.807, 2.05) is 48.7 Å². The van der Waals surface area contributed by atoms with Crippen molar-refractivity contribution in [1.82, 2.24) is 24.5 Å². The van der Waals surface area contributed by atoms with Gasteiger partial charge in [0.15, 0.2) is 0 Å². The number of hydrogen-bond donors (Lipinski definition) is 2. The third kappa shape index (κ3) is 3.40. The van der Waals surface area contributed by atoms with Gasteiger partial charge in [0, 0.05) is 47.2 Å². The van der Waals surface area contributed by atoms with E-state index < -0.39 is 0 Å². The van der Waals surface area contributed by atoms with E-state index in [2.05, 4.69) is 25.3 Å². The van der Waals surface area contributed by atoms with Crippen LogP contribution < -0.4 is 10.9 Å². The predicted octanol–water partition coefficient (Wildman–Crippen LogP) is 4.19. The third-order valence-corrected chi connectivity index (χ3v) is 5.24. The summed E-state index contributed by atoms with van der Waals surface area (Å²) in [6.45, 7) is 0. The van der Waals surface area contributed by atoms with Gasteiger partial charge in [0.1, 0.15) is 11.3 Å². The first kappa shape index (κ1) is 18.3. The van der Waals surface area contributed by atoms with Crippen LogP contribution in [-0.4, -0.2) is 24.5 Å².